The van der Waals surface area contributed by atoms with Gasteiger partial charge in [-0.05, 0) is 24.6 Å². The summed E-state index contributed by atoms with van der Waals surface area (Å²) >= 11 is 0. The molecule has 0 spiro atoms. The fourth-order valence-electron chi connectivity index (χ4n) is 2.02. The van der Waals surface area contributed by atoms with E-state index in [2.05, 4.69) is 4.74 Å². The molecular formula is C12H17ClN2O4S. The number of ether oxygens (including phenoxy) is 1. The first kappa shape index (κ1) is 16.9. The molecule has 2 N–H and O–H groups in total. The topological polar surface area (TPSA) is 89.7 Å². The summed E-state index contributed by atoms with van der Waals surface area (Å²) in [4.78, 5) is 11.5. The summed E-state index contributed by atoms with van der Waals surface area (Å²) in [6.07, 6.45) is 0.649. The highest BCUT2D eigenvalue weighted by atomic mass is 35.5. The van der Waals surface area contributed by atoms with Crippen molar-refractivity contribution in [3.63, 3.8) is 0 Å². The smallest absolute Gasteiger partial charge is 0.337 e. The van der Waals surface area contributed by atoms with Crippen LogP contribution in [0.1, 0.15) is 16.8 Å². The van der Waals surface area contributed by atoms with Crippen molar-refractivity contribution in [3.8, 4) is 0 Å². The van der Waals surface area contributed by atoms with Gasteiger partial charge in [-0.25, -0.2) is 13.2 Å². The summed E-state index contributed by atoms with van der Waals surface area (Å²) in [7, 11) is -2.34. The maximum Gasteiger partial charge on any atom is 0.337 e. The zero-order chi connectivity index (χ0) is 14.0. The molecule has 1 heterocycles. The van der Waals surface area contributed by atoms with Crippen molar-refractivity contribution in [3.05, 3.63) is 29.8 Å². The Bertz CT molecular complexity index is 591. The van der Waals surface area contributed by atoms with Crippen LogP contribution in [0.5, 0.6) is 0 Å². The van der Waals surface area contributed by atoms with Gasteiger partial charge in [0.25, 0.3) is 0 Å². The average Bonchev–Trinajstić information content (AvgIpc) is 2.85. The number of hydrogen-bond donors (Lipinski definition) is 1. The molecule has 1 fully saturated rings. The molecule has 1 aromatic carbocycles. The Labute approximate surface area is 124 Å². The van der Waals surface area contributed by atoms with Crippen molar-refractivity contribution < 1.29 is 17.9 Å². The number of carbonyl (C=O) groups is 1. The number of nitrogens with zero attached hydrogens (tertiary/aromatic N) is 1. The summed E-state index contributed by atoms with van der Waals surface area (Å²) in [6.45, 7) is 0.719. The third-order valence-corrected chi connectivity index (χ3v) is 4.94. The quantitative estimate of drug-likeness (QED) is 0.824. The van der Waals surface area contributed by atoms with Crippen molar-refractivity contribution >= 4 is 28.4 Å². The molecule has 1 aliphatic heterocycles. The normalized spacial score (nSPS) is 19.4. The van der Waals surface area contributed by atoms with E-state index in [9.17, 15) is 13.2 Å². The Morgan fingerprint density at radius 2 is 2.15 bits per heavy atom. The van der Waals surface area contributed by atoms with Gasteiger partial charge in [-0.2, -0.15) is 4.31 Å². The van der Waals surface area contributed by atoms with Crippen molar-refractivity contribution in [2.45, 2.75) is 17.4 Å². The zero-order valence-electron chi connectivity index (χ0n) is 11.0. The van der Waals surface area contributed by atoms with Gasteiger partial charge < -0.3 is 10.5 Å². The fraction of sp³-hybridized carbons (Fsp3) is 0.417. The third kappa shape index (κ3) is 3.29. The summed E-state index contributed by atoms with van der Waals surface area (Å²) in [6, 6.07) is 5.70. The van der Waals surface area contributed by atoms with E-state index in [0.717, 1.165) is 0 Å². The molecule has 1 aromatic rings. The molecule has 0 amide bonds. The predicted molar refractivity (Wildman–Crippen MR) is 76.4 cm³/mol. The summed E-state index contributed by atoms with van der Waals surface area (Å²) < 4.78 is 30.6. The molecule has 1 aliphatic rings. The molecule has 1 saturated heterocycles. The van der Waals surface area contributed by atoms with E-state index in [1.165, 1.54) is 35.7 Å². The first-order chi connectivity index (χ1) is 8.95. The molecule has 0 bridgehead atoms. The molecule has 1 unspecified atom stereocenters. The van der Waals surface area contributed by atoms with Gasteiger partial charge >= 0.3 is 5.97 Å². The Morgan fingerprint density at radius 3 is 2.70 bits per heavy atom. The number of rotatable bonds is 3. The maximum atomic E-state index is 12.4. The van der Waals surface area contributed by atoms with E-state index in [1.54, 1.807) is 0 Å². The van der Waals surface area contributed by atoms with Crippen LogP contribution in [-0.2, 0) is 14.8 Å². The minimum Gasteiger partial charge on any atom is -0.465 e. The monoisotopic (exact) mass is 320 g/mol. The fourth-order valence-corrected chi connectivity index (χ4v) is 3.58. The number of sulfonamides is 1. The third-order valence-electron chi connectivity index (χ3n) is 3.08. The van der Waals surface area contributed by atoms with Crippen LogP contribution in [0.4, 0.5) is 0 Å². The zero-order valence-corrected chi connectivity index (χ0v) is 12.6. The first-order valence-corrected chi connectivity index (χ1v) is 7.33. The molecule has 0 saturated carbocycles. The molecular weight excluding hydrogens is 304 g/mol. The van der Waals surface area contributed by atoms with E-state index in [0.29, 0.717) is 19.5 Å². The number of carbonyl (C=O) groups excluding carboxylic acids is 1. The second kappa shape index (κ2) is 6.53. The number of halogens is 1. The van der Waals surface area contributed by atoms with Gasteiger partial charge in [0.05, 0.1) is 17.6 Å². The van der Waals surface area contributed by atoms with E-state index in [4.69, 9.17) is 5.73 Å². The van der Waals surface area contributed by atoms with Gasteiger partial charge in [0, 0.05) is 19.1 Å². The van der Waals surface area contributed by atoms with Crippen LogP contribution in [0.15, 0.2) is 29.2 Å². The van der Waals surface area contributed by atoms with Gasteiger partial charge in [0.2, 0.25) is 10.0 Å². The molecule has 20 heavy (non-hydrogen) atoms. The lowest BCUT2D eigenvalue weighted by Crippen LogP contribution is -2.32. The molecule has 2 rings (SSSR count). The number of methoxy groups -OCH3 is 1. The number of esters is 1. The predicted octanol–water partition coefficient (Wildman–Crippen LogP) is 0.617. The van der Waals surface area contributed by atoms with Crippen molar-refractivity contribution in [1.29, 1.82) is 0 Å². The number of benzene rings is 1. The Kier molecular flexibility index (Phi) is 5.52. The molecule has 112 valence electrons. The van der Waals surface area contributed by atoms with Gasteiger partial charge in [-0.15, -0.1) is 12.4 Å². The van der Waals surface area contributed by atoms with E-state index in [-0.39, 0.29) is 28.9 Å². The first-order valence-electron chi connectivity index (χ1n) is 5.89. The number of hydrogen-bond acceptors (Lipinski definition) is 5. The van der Waals surface area contributed by atoms with E-state index >= 15 is 0 Å². The van der Waals surface area contributed by atoms with Crippen LogP contribution in [0.2, 0.25) is 0 Å². The minimum absolute atomic E-state index is 0. The summed E-state index contributed by atoms with van der Waals surface area (Å²) in [5.74, 6) is -0.560. The van der Waals surface area contributed by atoms with Gasteiger partial charge in [0.15, 0.2) is 0 Å². The Hall–Kier alpha value is -1.15. The highest BCUT2D eigenvalue weighted by molar-refractivity contribution is 7.89. The van der Waals surface area contributed by atoms with Crippen LogP contribution < -0.4 is 5.73 Å². The van der Waals surface area contributed by atoms with Crippen LogP contribution >= 0.6 is 12.4 Å². The molecule has 0 aromatic heterocycles. The summed E-state index contributed by atoms with van der Waals surface area (Å²) in [5, 5.41) is 0. The molecule has 0 aliphatic carbocycles. The van der Waals surface area contributed by atoms with Crippen LogP contribution in [0.3, 0.4) is 0 Å². The lowest BCUT2D eigenvalue weighted by molar-refractivity contribution is 0.0600. The molecule has 1 atom stereocenters. The van der Waals surface area contributed by atoms with Crippen molar-refractivity contribution in [1.82, 2.24) is 4.31 Å². The Balaban J connectivity index is 0.00000200. The Morgan fingerprint density at radius 1 is 1.45 bits per heavy atom. The van der Waals surface area contributed by atoms with Crippen LogP contribution in [0.25, 0.3) is 0 Å². The average molecular weight is 321 g/mol. The highest BCUT2D eigenvalue weighted by Gasteiger charge is 2.31. The van der Waals surface area contributed by atoms with Crippen molar-refractivity contribution in [2.24, 2.45) is 5.73 Å². The van der Waals surface area contributed by atoms with E-state index < -0.39 is 16.0 Å². The molecule has 6 nitrogen and oxygen atoms in total. The second-order valence-corrected chi connectivity index (χ2v) is 6.37. The molecule has 0 radical (unpaired) electrons. The van der Waals surface area contributed by atoms with Gasteiger partial charge in [-0.3, -0.25) is 0 Å². The van der Waals surface area contributed by atoms with Crippen LogP contribution in [0, 0.1) is 0 Å². The van der Waals surface area contributed by atoms with Crippen molar-refractivity contribution in [2.75, 3.05) is 20.2 Å². The van der Waals surface area contributed by atoms with E-state index in [1.807, 2.05) is 0 Å². The lowest BCUT2D eigenvalue weighted by Gasteiger charge is -2.16. The largest absolute Gasteiger partial charge is 0.465 e. The maximum absolute atomic E-state index is 12.4. The van der Waals surface area contributed by atoms with Crippen LogP contribution in [-0.4, -0.2) is 44.9 Å². The standard InChI is InChI=1S/C12H16N2O4S.ClH/c1-18-12(15)9-3-2-4-11(7-9)19(16,17)14-6-5-10(13)8-14;/h2-4,7,10H,5-6,8,13H2,1H3;1H. The SMILES string of the molecule is COC(=O)c1cccc(S(=O)(=O)N2CCC(N)C2)c1.Cl. The highest BCUT2D eigenvalue weighted by Crippen LogP contribution is 2.21. The lowest BCUT2D eigenvalue weighted by atomic mass is 10.2. The number of nitrogens with two attached hydrogens (primary N) is 1. The second-order valence-electron chi connectivity index (χ2n) is 4.43. The minimum atomic E-state index is -3.59. The van der Waals surface area contributed by atoms with Gasteiger partial charge in [-0.1, -0.05) is 6.07 Å². The molecule has 8 heteroatoms. The van der Waals surface area contributed by atoms with Gasteiger partial charge in [0.1, 0.15) is 0 Å². The summed E-state index contributed by atoms with van der Waals surface area (Å²) in [5.41, 5.74) is 5.93.